The number of aromatic nitrogens is 1. The first-order valence-electron chi connectivity index (χ1n) is 10.4. The fraction of sp³-hybridized carbons (Fsp3) is 0.348. The van der Waals surface area contributed by atoms with E-state index in [9.17, 15) is 9.18 Å². The van der Waals surface area contributed by atoms with Gasteiger partial charge in [0.15, 0.2) is 0 Å². The second-order valence-corrected chi connectivity index (χ2v) is 7.49. The van der Waals surface area contributed by atoms with Crippen molar-refractivity contribution < 1.29 is 13.9 Å². The van der Waals surface area contributed by atoms with Gasteiger partial charge < -0.3 is 19.9 Å². The van der Waals surface area contributed by atoms with Gasteiger partial charge in [-0.15, -0.1) is 0 Å². The zero-order valence-corrected chi connectivity index (χ0v) is 16.9. The quantitative estimate of drug-likeness (QED) is 0.627. The number of rotatable bonds is 7. The van der Waals surface area contributed by atoms with Gasteiger partial charge in [0.25, 0.3) is 0 Å². The van der Waals surface area contributed by atoms with Crippen LogP contribution in [0.15, 0.2) is 54.7 Å². The van der Waals surface area contributed by atoms with E-state index >= 15 is 0 Å². The third-order valence-corrected chi connectivity index (χ3v) is 5.40. The molecule has 0 aliphatic carbocycles. The van der Waals surface area contributed by atoms with Crippen LogP contribution in [0.3, 0.4) is 0 Å². The van der Waals surface area contributed by atoms with Crippen molar-refractivity contribution in [1.82, 2.24) is 14.8 Å². The Morgan fingerprint density at radius 2 is 1.83 bits per heavy atom. The van der Waals surface area contributed by atoms with Crippen LogP contribution in [0.2, 0.25) is 0 Å². The van der Waals surface area contributed by atoms with Crippen LogP contribution in [0.25, 0.3) is 10.9 Å². The molecule has 3 aromatic rings. The lowest BCUT2D eigenvalue weighted by Crippen LogP contribution is -2.38. The third kappa shape index (κ3) is 5.37. The van der Waals surface area contributed by atoms with Crippen molar-refractivity contribution in [3.8, 4) is 0 Å². The van der Waals surface area contributed by atoms with Gasteiger partial charge in [-0.25, -0.2) is 9.18 Å². The lowest BCUT2D eigenvalue weighted by Gasteiger charge is -2.26. The summed E-state index contributed by atoms with van der Waals surface area (Å²) in [6.45, 7) is 6.02. The van der Waals surface area contributed by atoms with Gasteiger partial charge in [0.05, 0.1) is 13.2 Å². The number of carbonyl (C=O) groups is 1. The fourth-order valence-electron chi connectivity index (χ4n) is 3.69. The van der Waals surface area contributed by atoms with Crippen molar-refractivity contribution in [2.75, 3.05) is 44.7 Å². The van der Waals surface area contributed by atoms with E-state index in [4.69, 9.17) is 4.74 Å². The molecule has 30 heavy (non-hydrogen) atoms. The molecule has 0 atom stereocenters. The Kier molecular flexibility index (Phi) is 6.61. The number of morpholine rings is 1. The zero-order valence-electron chi connectivity index (χ0n) is 16.9. The van der Waals surface area contributed by atoms with E-state index in [1.54, 1.807) is 12.1 Å². The number of halogens is 1. The van der Waals surface area contributed by atoms with Crippen molar-refractivity contribution in [3.63, 3.8) is 0 Å². The number of benzene rings is 2. The number of hydrogen-bond donors (Lipinski definition) is 2. The summed E-state index contributed by atoms with van der Waals surface area (Å²) >= 11 is 0. The number of hydrogen-bond acceptors (Lipinski definition) is 3. The minimum absolute atomic E-state index is 0.247. The van der Waals surface area contributed by atoms with Gasteiger partial charge in [0.2, 0.25) is 0 Å². The molecule has 2 N–H and O–H groups in total. The smallest absolute Gasteiger partial charge is 0.319 e. The first-order valence-corrected chi connectivity index (χ1v) is 10.4. The number of nitrogens with zero attached hydrogens (tertiary/aromatic N) is 2. The van der Waals surface area contributed by atoms with Crippen LogP contribution in [0.4, 0.5) is 14.9 Å². The molecule has 2 amide bonds. The van der Waals surface area contributed by atoms with Crippen LogP contribution < -0.4 is 10.6 Å². The molecular weight excluding hydrogens is 383 g/mol. The Labute approximate surface area is 175 Å². The highest BCUT2D eigenvalue weighted by Gasteiger charge is 2.11. The molecule has 0 bridgehead atoms. The van der Waals surface area contributed by atoms with Gasteiger partial charge in [0.1, 0.15) is 5.82 Å². The van der Waals surface area contributed by atoms with Crippen LogP contribution in [-0.4, -0.2) is 54.9 Å². The average Bonchev–Trinajstić information content (AvgIpc) is 3.16. The molecule has 0 saturated carbocycles. The Bertz CT molecular complexity index is 981. The summed E-state index contributed by atoms with van der Waals surface area (Å²) in [5.74, 6) is -0.255. The Morgan fingerprint density at radius 1 is 1.03 bits per heavy atom. The summed E-state index contributed by atoms with van der Waals surface area (Å²) < 4.78 is 20.6. The molecule has 1 aliphatic rings. The maximum Gasteiger partial charge on any atom is 0.319 e. The zero-order chi connectivity index (χ0) is 20.8. The molecule has 1 fully saturated rings. The van der Waals surface area contributed by atoms with Crippen molar-refractivity contribution in [2.45, 2.75) is 13.0 Å². The molecule has 2 aromatic carbocycles. The van der Waals surface area contributed by atoms with Gasteiger partial charge in [-0.1, -0.05) is 12.1 Å². The summed E-state index contributed by atoms with van der Waals surface area (Å²) in [5.41, 5.74) is 2.90. The number of amides is 2. The van der Waals surface area contributed by atoms with Crippen LogP contribution in [0.1, 0.15) is 5.56 Å². The molecule has 0 unspecified atom stereocenters. The standard InChI is InChI=1S/C23H27FN4O2/c24-20-3-1-18(2-4-20)7-9-25-23(29)26-21-5-6-22-19(17-21)8-10-28(22)12-11-27-13-15-30-16-14-27/h1-6,8,10,17H,7,9,11-16H2,(H2,25,26,29). The second kappa shape index (κ2) is 9.73. The van der Waals surface area contributed by atoms with Crippen molar-refractivity contribution in [3.05, 3.63) is 66.1 Å². The molecule has 1 aliphatic heterocycles. The first kappa shape index (κ1) is 20.4. The van der Waals surface area contributed by atoms with E-state index in [0.29, 0.717) is 13.0 Å². The van der Waals surface area contributed by atoms with Crippen molar-refractivity contribution in [1.29, 1.82) is 0 Å². The van der Waals surface area contributed by atoms with Gasteiger partial charge in [0, 0.05) is 55.5 Å². The van der Waals surface area contributed by atoms with Gasteiger partial charge in [-0.05, 0) is 48.4 Å². The van der Waals surface area contributed by atoms with Crippen LogP contribution >= 0.6 is 0 Å². The highest BCUT2D eigenvalue weighted by molar-refractivity contribution is 5.92. The largest absolute Gasteiger partial charge is 0.379 e. The van der Waals surface area contributed by atoms with E-state index in [-0.39, 0.29) is 11.8 Å². The van der Waals surface area contributed by atoms with Crippen LogP contribution in [-0.2, 0) is 17.7 Å². The van der Waals surface area contributed by atoms with Gasteiger partial charge in [-0.3, -0.25) is 4.90 Å². The fourth-order valence-corrected chi connectivity index (χ4v) is 3.69. The molecule has 0 spiro atoms. The van der Waals surface area contributed by atoms with Crippen molar-refractivity contribution >= 4 is 22.6 Å². The Morgan fingerprint density at radius 3 is 2.63 bits per heavy atom. The molecule has 1 saturated heterocycles. The maximum absolute atomic E-state index is 12.9. The summed E-state index contributed by atoms with van der Waals surface area (Å²) in [6, 6.07) is 14.1. The normalized spacial score (nSPS) is 14.7. The molecule has 7 heteroatoms. The summed E-state index contributed by atoms with van der Waals surface area (Å²) in [4.78, 5) is 14.6. The topological polar surface area (TPSA) is 58.5 Å². The number of urea groups is 1. The Balaban J connectivity index is 1.27. The molecule has 6 nitrogen and oxygen atoms in total. The number of carbonyl (C=O) groups excluding carboxylic acids is 1. The van der Waals surface area contributed by atoms with Crippen LogP contribution in [0, 0.1) is 5.82 Å². The lowest BCUT2D eigenvalue weighted by molar-refractivity contribution is 0.0365. The molecule has 4 rings (SSSR count). The molecule has 2 heterocycles. The predicted octanol–water partition coefficient (Wildman–Crippen LogP) is 3.48. The van der Waals surface area contributed by atoms with Gasteiger partial charge in [-0.2, -0.15) is 0 Å². The average molecular weight is 410 g/mol. The van der Waals surface area contributed by atoms with Crippen molar-refractivity contribution in [2.24, 2.45) is 0 Å². The molecular formula is C23H27FN4O2. The third-order valence-electron chi connectivity index (χ3n) is 5.40. The maximum atomic E-state index is 12.9. The predicted molar refractivity (Wildman–Crippen MR) is 116 cm³/mol. The lowest BCUT2D eigenvalue weighted by atomic mass is 10.1. The van der Waals surface area contributed by atoms with Gasteiger partial charge >= 0.3 is 6.03 Å². The van der Waals surface area contributed by atoms with E-state index in [1.807, 2.05) is 18.2 Å². The summed E-state index contributed by atoms with van der Waals surface area (Å²) in [6.07, 6.45) is 2.75. The minimum Gasteiger partial charge on any atom is -0.379 e. The van der Waals surface area contributed by atoms with E-state index in [0.717, 1.165) is 61.5 Å². The first-order chi connectivity index (χ1) is 14.7. The highest BCUT2D eigenvalue weighted by atomic mass is 19.1. The van der Waals surface area contributed by atoms with E-state index < -0.39 is 0 Å². The van der Waals surface area contributed by atoms with E-state index in [1.165, 1.54) is 12.1 Å². The summed E-state index contributed by atoms with van der Waals surface area (Å²) in [7, 11) is 0. The van der Waals surface area contributed by atoms with E-state index in [2.05, 4.69) is 32.4 Å². The molecule has 158 valence electrons. The number of ether oxygens (including phenoxy) is 1. The minimum atomic E-state index is -0.255. The van der Waals surface area contributed by atoms with Crippen LogP contribution in [0.5, 0.6) is 0 Å². The highest BCUT2D eigenvalue weighted by Crippen LogP contribution is 2.20. The number of anilines is 1. The monoisotopic (exact) mass is 410 g/mol. The number of nitrogens with one attached hydrogen (secondary N) is 2. The molecule has 0 radical (unpaired) electrons. The number of fused-ring (bicyclic) bond motifs is 1. The SMILES string of the molecule is O=C(NCCc1ccc(F)cc1)Nc1ccc2c(ccn2CCN2CCOCC2)c1. The summed E-state index contributed by atoms with van der Waals surface area (Å²) in [5, 5.41) is 6.82. The molecule has 1 aromatic heterocycles. The Hall–Kier alpha value is -2.90. The second-order valence-electron chi connectivity index (χ2n) is 7.49.